The molecule has 2 N–H and O–H groups in total. The van der Waals surface area contributed by atoms with Gasteiger partial charge in [0.1, 0.15) is 0 Å². The summed E-state index contributed by atoms with van der Waals surface area (Å²) in [6, 6.07) is 0. The van der Waals surface area contributed by atoms with Crippen molar-refractivity contribution in [2.75, 3.05) is 6.54 Å². The van der Waals surface area contributed by atoms with Crippen molar-refractivity contribution in [1.29, 1.82) is 0 Å². The first kappa shape index (κ1) is 11.6. The summed E-state index contributed by atoms with van der Waals surface area (Å²) in [5.74, 6) is -1.09. The van der Waals surface area contributed by atoms with Gasteiger partial charge >= 0.3 is 5.97 Å². The zero-order chi connectivity index (χ0) is 12.6. The predicted octanol–water partition coefficient (Wildman–Crippen LogP) is 0.323. The van der Waals surface area contributed by atoms with Crippen molar-refractivity contribution >= 4 is 11.9 Å². The molecule has 1 fully saturated rings. The topological polar surface area (TPSA) is 84.2 Å². The monoisotopic (exact) mass is 237 g/mol. The largest absolute Gasteiger partial charge is 0.481 e. The van der Waals surface area contributed by atoms with Gasteiger partial charge in [-0.1, -0.05) is 0 Å². The van der Waals surface area contributed by atoms with Gasteiger partial charge < -0.3 is 10.4 Å². The number of aliphatic carboxylic acids is 1. The first-order valence-electron chi connectivity index (χ1n) is 5.46. The number of nitrogens with one attached hydrogen (secondary N) is 1. The highest BCUT2D eigenvalue weighted by molar-refractivity contribution is 5.95. The molecule has 1 aliphatic rings. The molecule has 0 bridgehead atoms. The predicted molar refractivity (Wildman–Crippen MR) is 59.6 cm³/mol. The zero-order valence-electron chi connectivity index (χ0n) is 9.86. The van der Waals surface area contributed by atoms with Crippen molar-refractivity contribution in [1.82, 2.24) is 15.1 Å². The second-order valence-electron chi connectivity index (χ2n) is 4.57. The van der Waals surface area contributed by atoms with Crippen molar-refractivity contribution in [3.63, 3.8) is 0 Å². The Hall–Kier alpha value is -1.85. The van der Waals surface area contributed by atoms with E-state index in [0.29, 0.717) is 24.1 Å². The van der Waals surface area contributed by atoms with Gasteiger partial charge in [0, 0.05) is 19.8 Å². The van der Waals surface area contributed by atoms with Crippen molar-refractivity contribution < 1.29 is 14.7 Å². The molecule has 6 heteroatoms. The van der Waals surface area contributed by atoms with Gasteiger partial charge in [0.15, 0.2) is 0 Å². The highest BCUT2D eigenvalue weighted by atomic mass is 16.4. The number of carboxylic acid groups (broad SMARTS) is 1. The fraction of sp³-hybridized carbons (Fsp3) is 0.545. The van der Waals surface area contributed by atoms with Crippen LogP contribution >= 0.6 is 0 Å². The third-order valence-corrected chi connectivity index (χ3v) is 3.15. The Kier molecular flexibility index (Phi) is 2.65. The average molecular weight is 237 g/mol. The molecule has 1 aromatic rings. The fourth-order valence-corrected chi connectivity index (χ4v) is 1.78. The molecule has 1 aromatic heterocycles. The Morgan fingerprint density at radius 3 is 2.65 bits per heavy atom. The smallest absolute Gasteiger partial charge is 0.311 e. The lowest BCUT2D eigenvalue weighted by molar-refractivity contribution is -0.143. The van der Waals surface area contributed by atoms with Crippen LogP contribution < -0.4 is 5.32 Å². The third-order valence-electron chi connectivity index (χ3n) is 3.15. The van der Waals surface area contributed by atoms with Crippen molar-refractivity contribution in [2.24, 2.45) is 12.5 Å². The van der Waals surface area contributed by atoms with Crippen LogP contribution in [0.3, 0.4) is 0 Å². The number of carbonyl (C=O) groups is 2. The Morgan fingerprint density at radius 1 is 1.59 bits per heavy atom. The zero-order valence-corrected chi connectivity index (χ0v) is 9.86. The first-order valence-corrected chi connectivity index (χ1v) is 5.46. The third kappa shape index (κ3) is 2.15. The van der Waals surface area contributed by atoms with Gasteiger partial charge in [-0.15, -0.1) is 0 Å². The molecule has 0 unspecified atom stereocenters. The Labute approximate surface area is 98.6 Å². The maximum absolute atomic E-state index is 11.8. The number of aryl methyl sites for hydroxylation is 2. The average Bonchev–Trinajstić information content (AvgIpc) is 2.97. The van der Waals surface area contributed by atoms with Crippen molar-refractivity contribution in [3.05, 3.63) is 17.5 Å². The van der Waals surface area contributed by atoms with E-state index in [-0.39, 0.29) is 12.5 Å². The molecular weight excluding hydrogens is 222 g/mol. The Bertz CT molecular complexity index is 474. The lowest BCUT2D eigenvalue weighted by Crippen LogP contribution is -2.34. The van der Waals surface area contributed by atoms with Crippen LogP contribution in [0.2, 0.25) is 0 Å². The summed E-state index contributed by atoms with van der Waals surface area (Å²) < 4.78 is 1.56. The van der Waals surface area contributed by atoms with E-state index in [0.717, 1.165) is 0 Å². The van der Waals surface area contributed by atoms with Gasteiger partial charge in [-0.25, -0.2) is 0 Å². The van der Waals surface area contributed by atoms with E-state index < -0.39 is 11.4 Å². The van der Waals surface area contributed by atoms with Crippen LogP contribution in [-0.4, -0.2) is 33.3 Å². The summed E-state index contributed by atoms with van der Waals surface area (Å²) in [6.45, 7) is 1.94. The van der Waals surface area contributed by atoms with E-state index >= 15 is 0 Å². The molecule has 1 heterocycles. The molecule has 92 valence electrons. The van der Waals surface area contributed by atoms with Gasteiger partial charge in [-0.2, -0.15) is 5.10 Å². The molecule has 17 heavy (non-hydrogen) atoms. The molecule has 0 spiro atoms. The molecule has 0 aromatic carbocycles. The van der Waals surface area contributed by atoms with E-state index in [1.807, 2.05) is 0 Å². The maximum Gasteiger partial charge on any atom is 0.311 e. The van der Waals surface area contributed by atoms with Crippen LogP contribution in [0, 0.1) is 12.3 Å². The summed E-state index contributed by atoms with van der Waals surface area (Å²) in [7, 11) is 1.74. The number of carbonyl (C=O) groups excluding carboxylic acids is 1. The molecule has 1 amide bonds. The van der Waals surface area contributed by atoms with Gasteiger partial charge in [0.2, 0.25) is 0 Å². The first-order chi connectivity index (χ1) is 7.94. The quantitative estimate of drug-likeness (QED) is 0.790. The summed E-state index contributed by atoms with van der Waals surface area (Å²) in [5, 5.41) is 15.7. The van der Waals surface area contributed by atoms with Crippen molar-refractivity contribution in [2.45, 2.75) is 19.8 Å². The van der Waals surface area contributed by atoms with Crippen LogP contribution in [0.4, 0.5) is 0 Å². The minimum absolute atomic E-state index is 0.190. The maximum atomic E-state index is 11.8. The number of carboxylic acids is 1. The molecule has 1 saturated carbocycles. The molecule has 0 radical (unpaired) electrons. The number of hydrogen-bond donors (Lipinski definition) is 2. The van der Waals surface area contributed by atoms with Gasteiger partial charge in [0.05, 0.1) is 16.7 Å². The normalized spacial score (nSPS) is 16.6. The lowest BCUT2D eigenvalue weighted by atomic mass is 10.1. The molecule has 1 aliphatic carbocycles. The molecule has 0 atom stereocenters. The van der Waals surface area contributed by atoms with Crippen molar-refractivity contribution in [3.8, 4) is 0 Å². The molecule has 0 aliphatic heterocycles. The van der Waals surface area contributed by atoms with E-state index in [4.69, 9.17) is 5.11 Å². The number of hydrogen-bond acceptors (Lipinski definition) is 3. The summed E-state index contributed by atoms with van der Waals surface area (Å²) in [4.78, 5) is 22.8. The minimum Gasteiger partial charge on any atom is -0.481 e. The molecular formula is C11H15N3O3. The molecule has 0 saturated heterocycles. The van der Waals surface area contributed by atoms with Gasteiger partial charge in [0.25, 0.3) is 5.91 Å². The second-order valence-corrected chi connectivity index (χ2v) is 4.57. The van der Waals surface area contributed by atoms with E-state index in [1.54, 1.807) is 24.9 Å². The summed E-state index contributed by atoms with van der Waals surface area (Å²) >= 11 is 0. The standard InChI is InChI=1S/C11H15N3O3/c1-7-8(5-14(2)13-7)9(15)12-6-11(3-4-11)10(16)17/h5H,3-4,6H2,1-2H3,(H,12,15)(H,16,17). The molecule has 2 rings (SSSR count). The van der Waals surface area contributed by atoms with Crippen LogP contribution in [0.1, 0.15) is 28.9 Å². The van der Waals surface area contributed by atoms with Gasteiger partial charge in [-0.05, 0) is 19.8 Å². The minimum atomic E-state index is -0.833. The summed E-state index contributed by atoms with van der Waals surface area (Å²) in [6.07, 6.45) is 2.90. The fourth-order valence-electron chi connectivity index (χ4n) is 1.78. The number of amides is 1. The molecule has 6 nitrogen and oxygen atoms in total. The van der Waals surface area contributed by atoms with Crippen LogP contribution in [0.15, 0.2) is 6.20 Å². The Morgan fingerprint density at radius 2 is 2.24 bits per heavy atom. The van der Waals surface area contributed by atoms with Crippen LogP contribution in [0.5, 0.6) is 0 Å². The summed E-state index contributed by atoms with van der Waals surface area (Å²) in [5.41, 5.74) is 0.407. The van der Waals surface area contributed by atoms with E-state index in [1.165, 1.54) is 0 Å². The lowest BCUT2D eigenvalue weighted by Gasteiger charge is -2.10. The SMILES string of the molecule is Cc1nn(C)cc1C(=O)NCC1(C(=O)O)CC1. The second kappa shape index (κ2) is 3.87. The van der Waals surface area contributed by atoms with E-state index in [9.17, 15) is 9.59 Å². The highest BCUT2D eigenvalue weighted by Gasteiger charge is 2.50. The number of rotatable bonds is 4. The van der Waals surface area contributed by atoms with Crippen LogP contribution in [-0.2, 0) is 11.8 Å². The van der Waals surface area contributed by atoms with Gasteiger partial charge in [-0.3, -0.25) is 14.3 Å². The van der Waals surface area contributed by atoms with E-state index in [2.05, 4.69) is 10.4 Å². The van der Waals surface area contributed by atoms with Crippen LogP contribution in [0.25, 0.3) is 0 Å². The Balaban J connectivity index is 1.99. The highest BCUT2D eigenvalue weighted by Crippen LogP contribution is 2.45. The number of aromatic nitrogens is 2. The number of nitrogens with zero attached hydrogens (tertiary/aromatic N) is 2.